The van der Waals surface area contributed by atoms with Crippen molar-refractivity contribution in [2.75, 3.05) is 0 Å². The van der Waals surface area contributed by atoms with E-state index in [2.05, 4.69) is 6.58 Å². The Balaban J connectivity index is 3.50. The Labute approximate surface area is 48.1 Å². The molecule has 28 valence electrons. The number of rotatable bonds is 1. The molecule has 0 atom stereocenters. The molecule has 0 N–H and O–H groups in total. The summed E-state index contributed by atoms with van der Waals surface area (Å²) < 4.78 is 2.02. The van der Waals surface area contributed by atoms with Gasteiger partial charge in [0.2, 0.25) is 0 Å². The van der Waals surface area contributed by atoms with Crippen molar-refractivity contribution in [1.29, 1.82) is 0 Å². The third kappa shape index (κ3) is 2.32. The molecule has 0 heterocycles. The Bertz CT molecular complexity index is 72.0. The first-order chi connectivity index (χ1) is 2.81. The standard InChI is InChI=1S/C5H7.Li/c1-4-5(2)3;/h2,4H,1H2,3H3;. The molecule has 0 aliphatic rings. The maximum absolute atomic E-state index is 3.56. The average Bonchev–Trinajstić information content (AvgIpc) is 1.65. The molecule has 0 spiro atoms. The SMILES string of the molecule is [Li][CH]=C(C)C=C. The van der Waals surface area contributed by atoms with Gasteiger partial charge in [-0.05, 0) is 0 Å². The topological polar surface area (TPSA) is 0 Å². The van der Waals surface area contributed by atoms with Gasteiger partial charge >= 0.3 is 47.6 Å². The molecule has 0 amide bonds. The van der Waals surface area contributed by atoms with Gasteiger partial charge in [-0.25, -0.2) is 0 Å². The molecule has 0 aromatic heterocycles. The Morgan fingerprint density at radius 2 is 2.33 bits per heavy atom. The van der Waals surface area contributed by atoms with Gasteiger partial charge in [-0.1, -0.05) is 0 Å². The summed E-state index contributed by atoms with van der Waals surface area (Å²) in [5.74, 6) is 0. The predicted octanol–water partition coefficient (Wildman–Crippen LogP) is 1.24. The normalized spacial score (nSPS) is 11.5. The van der Waals surface area contributed by atoms with Crippen LogP contribution in [0.25, 0.3) is 0 Å². The van der Waals surface area contributed by atoms with Crippen LogP contribution in [-0.2, 0) is 0 Å². The molecule has 0 nitrogen and oxygen atoms in total. The van der Waals surface area contributed by atoms with E-state index in [1.807, 2.05) is 35.5 Å². The quantitative estimate of drug-likeness (QED) is 0.324. The van der Waals surface area contributed by atoms with Crippen LogP contribution >= 0.6 is 0 Å². The van der Waals surface area contributed by atoms with Gasteiger partial charge in [-0.3, -0.25) is 0 Å². The van der Waals surface area contributed by atoms with Gasteiger partial charge in [-0.15, -0.1) is 0 Å². The van der Waals surface area contributed by atoms with Crippen molar-refractivity contribution in [1.82, 2.24) is 0 Å². The Morgan fingerprint density at radius 3 is 2.33 bits per heavy atom. The summed E-state index contributed by atoms with van der Waals surface area (Å²) in [6.45, 7) is 5.58. The van der Waals surface area contributed by atoms with E-state index in [-0.39, 0.29) is 0 Å². The molecule has 0 rings (SSSR count). The van der Waals surface area contributed by atoms with E-state index < -0.39 is 0 Å². The van der Waals surface area contributed by atoms with E-state index in [1.54, 1.807) is 0 Å². The van der Waals surface area contributed by atoms with Crippen LogP contribution in [-0.4, -0.2) is 17.7 Å². The van der Waals surface area contributed by atoms with Gasteiger partial charge in [0.15, 0.2) is 0 Å². The average molecular weight is 74.1 g/mol. The Morgan fingerprint density at radius 1 is 1.83 bits per heavy atom. The molecule has 0 saturated carbocycles. The zero-order chi connectivity index (χ0) is 4.99. The van der Waals surface area contributed by atoms with Crippen LogP contribution in [0, 0.1) is 0 Å². The van der Waals surface area contributed by atoms with Crippen molar-refractivity contribution in [3.63, 3.8) is 0 Å². The molecule has 0 aromatic rings. The minimum atomic E-state index is 1.23. The van der Waals surface area contributed by atoms with E-state index in [1.165, 1.54) is 5.57 Å². The van der Waals surface area contributed by atoms with E-state index in [9.17, 15) is 0 Å². The van der Waals surface area contributed by atoms with Crippen LogP contribution in [0.2, 0.25) is 0 Å². The summed E-state index contributed by atoms with van der Waals surface area (Å²) in [6.07, 6.45) is 1.83. The minimum absolute atomic E-state index is 1.23. The molecule has 0 aliphatic heterocycles. The van der Waals surface area contributed by atoms with Crippen LogP contribution in [0.15, 0.2) is 23.0 Å². The van der Waals surface area contributed by atoms with Gasteiger partial charge in [-0.2, -0.15) is 0 Å². The van der Waals surface area contributed by atoms with E-state index in [0.717, 1.165) is 0 Å². The van der Waals surface area contributed by atoms with Crippen molar-refractivity contribution < 1.29 is 0 Å². The predicted molar refractivity (Wildman–Crippen MR) is 29.7 cm³/mol. The molecular formula is C5H7Li. The van der Waals surface area contributed by atoms with Crippen LogP contribution in [0.3, 0.4) is 0 Å². The molecule has 1 heteroatoms. The molecule has 0 fully saturated rings. The van der Waals surface area contributed by atoms with Crippen molar-refractivity contribution in [2.24, 2.45) is 0 Å². The second kappa shape index (κ2) is 3.27. The summed E-state index contributed by atoms with van der Waals surface area (Å²) in [7, 11) is 0. The fourth-order valence-corrected chi connectivity index (χ4v) is 0.118. The summed E-state index contributed by atoms with van der Waals surface area (Å²) in [4.78, 5) is 0. The molecule has 0 unspecified atom stereocenters. The fraction of sp³-hybridized carbons (Fsp3) is 0.200. The number of hydrogen-bond donors (Lipinski definition) is 0. The zero-order valence-electron chi connectivity index (χ0n) is 4.36. The third-order valence-corrected chi connectivity index (χ3v) is 0.777. The van der Waals surface area contributed by atoms with Crippen LogP contribution in [0.1, 0.15) is 6.92 Å². The third-order valence-electron chi connectivity index (χ3n) is 0.777. The van der Waals surface area contributed by atoms with Crippen LogP contribution < -0.4 is 0 Å². The van der Waals surface area contributed by atoms with E-state index in [4.69, 9.17) is 0 Å². The molecule has 6 heavy (non-hydrogen) atoms. The van der Waals surface area contributed by atoms with Crippen LogP contribution in [0.4, 0.5) is 0 Å². The van der Waals surface area contributed by atoms with Gasteiger partial charge in [0.05, 0.1) is 0 Å². The molecular weight excluding hydrogens is 67.0 g/mol. The van der Waals surface area contributed by atoms with Crippen molar-refractivity contribution >= 4 is 17.7 Å². The molecule has 0 saturated heterocycles. The van der Waals surface area contributed by atoms with Gasteiger partial charge in [0.25, 0.3) is 0 Å². The molecule has 0 aromatic carbocycles. The number of allylic oxidation sites excluding steroid dienone is 2. The van der Waals surface area contributed by atoms with E-state index >= 15 is 0 Å². The van der Waals surface area contributed by atoms with Gasteiger partial charge < -0.3 is 0 Å². The maximum atomic E-state index is 3.56. The summed E-state index contributed by atoms with van der Waals surface area (Å²) in [6, 6.07) is 0. The zero-order valence-corrected chi connectivity index (χ0v) is 4.36. The second-order valence-corrected chi connectivity index (χ2v) is 1.24. The number of hydrogen-bond acceptors (Lipinski definition) is 0. The van der Waals surface area contributed by atoms with E-state index in [0.29, 0.717) is 0 Å². The molecule has 0 aliphatic carbocycles. The summed E-state index contributed by atoms with van der Waals surface area (Å²) in [5.41, 5.74) is 1.23. The first-order valence-electron chi connectivity index (χ1n) is 2.06. The van der Waals surface area contributed by atoms with Crippen molar-refractivity contribution in [3.05, 3.63) is 23.0 Å². The molecule has 0 bridgehead atoms. The summed E-state index contributed by atoms with van der Waals surface area (Å²) in [5, 5.41) is 0. The molecule has 0 radical (unpaired) electrons. The first-order valence-corrected chi connectivity index (χ1v) is 2.06. The van der Waals surface area contributed by atoms with Gasteiger partial charge in [0, 0.05) is 0 Å². The Kier molecular flexibility index (Phi) is 3.32. The first kappa shape index (κ1) is 6.08. The van der Waals surface area contributed by atoms with Crippen molar-refractivity contribution in [3.8, 4) is 0 Å². The van der Waals surface area contributed by atoms with Crippen LogP contribution in [0.5, 0.6) is 0 Å². The second-order valence-electron chi connectivity index (χ2n) is 1.24. The van der Waals surface area contributed by atoms with Gasteiger partial charge in [0.1, 0.15) is 0 Å². The monoisotopic (exact) mass is 74.1 g/mol. The summed E-state index contributed by atoms with van der Waals surface area (Å²) >= 11 is 2.00. The van der Waals surface area contributed by atoms with Crippen molar-refractivity contribution in [2.45, 2.75) is 6.92 Å². The Hall–Kier alpha value is 0.0774. The fourth-order valence-electron chi connectivity index (χ4n) is 0.118.